The molecule has 0 atom stereocenters. The number of ether oxygens (including phenoxy) is 1. The fourth-order valence-corrected chi connectivity index (χ4v) is 3.14. The predicted octanol–water partition coefficient (Wildman–Crippen LogP) is 4.42. The molecule has 0 saturated heterocycles. The molecule has 4 rings (SSSR count). The number of carbonyl (C=O) groups is 1. The molecule has 0 fully saturated rings. The molecule has 0 aliphatic carbocycles. The Labute approximate surface area is 183 Å². The summed E-state index contributed by atoms with van der Waals surface area (Å²) in [6.07, 6.45) is 1.57. The van der Waals surface area contributed by atoms with Gasteiger partial charge in [0.2, 0.25) is 5.95 Å². The fraction of sp³-hybridized carbons (Fsp3) is 0.182. The number of aryl methyl sites for hydroxylation is 2. The lowest BCUT2D eigenvalue weighted by atomic mass is 10.1. The van der Waals surface area contributed by atoms with Gasteiger partial charge in [-0.05, 0) is 43.7 Å². The first-order valence-corrected chi connectivity index (χ1v) is 9.95. The molecule has 0 aliphatic heterocycles. The lowest BCUT2D eigenvalue weighted by molar-refractivity contribution is 0.101. The van der Waals surface area contributed by atoms with E-state index in [0.29, 0.717) is 28.6 Å². The second-order valence-electron chi connectivity index (χ2n) is 7.02. The Morgan fingerprint density at radius 1 is 1.19 bits per heavy atom. The van der Waals surface area contributed by atoms with Crippen molar-refractivity contribution in [3.63, 3.8) is 0 Å². The molecule has 0 saturated carbocycles. The zero-order chi connectivity index (χ0) is 21.8. The average molecular weight is 438 g/mol. The van der Waals surface area contributed by atoms with Crippen molar-refractivity contribution < 1.29 is 14.1 Å². The minimum absolute atomic E-state index is 0.120. The van der Waals surface area contributed by atoms with Crippen LogP contribution in [0.15, 0.2) is 59.4 Å². The van der Waals surface area contributed by atoms with Gasteiger partial charge in [0.25, 0.3) is 5.91 Å². The number of amides is 1. The van der Waals surface area contributed by atoms with Crippen LogP contribution in [-0.2, 0) is 13.2 Å². The molecule has 2 heterocycles. The van der Waals surface area contributed by atoms with Gasteiger partial charge in [0.05, 0.1) is 12.1 Å². The number of aromatic nitrogens is 4. The number of anilines is 1. The van der Waals surface area contributed by atoms with Gasteiger partial charge >= 0.3 is 0 Å². The van der Waals surface area contributed by atoms with Gasteiger partial charge in [-0.15, -0.1) is 5.10 Å². The second-order valence-corrected chi connectivity index (χ2v) is 7.45. The molecule has 0 bridgehead atoms. The quantitative estimate of drug-likeness (QED) is 0.460. The van der Waals surface area contributed by atoms with Crippen molar-refractivity contribution >= 4 is 23.5 Å². The van der Waals surface area contributed by atoms with Gasteiger partial charge in [0, 0.05) is 5.02 Å². The molecule has 9 heteroatoms. The average Bonchev–Trinajstić information content (AvgIpc) is 3.33. The van der Waals surface area contributed by atoms with Gasteiger partial charge in [-0.25, -0.2) is 9.67 Å². The summed E-state index contributed by atoms with van der Waals surface area (Å²) in [5.41, 5.74) is 2.94. The molecule has 4 aromatic rings. The summed E-state index contributed by atoms with van der Waals surface area (Å²) in [4.78, 5) is 16.9. The highest BCUT2D eigenvalue weighted by atomic mass is 35.5. The van der Waals surface area contributed by atoms with E-state index >= 15 is 0 Å². The van der Waals surface area contributed by atoms with E-state index in [0.717, 1.165) is 5.56 Å². The Bertz CT molecular complexity index is 1200. The normalized spacial score (nSPS) is 10.8. The number of carbonyl (C=O) groups excluding carboxylic acids is 1. The van der Waals surface area contributed by atoms with Gasteiger partial charge in [0.15, 0.2) is 5.69 Å². The Morgan fingerprint density at radius 2 is 2.00 bits per heavy atom. The summed E-state index contributed by atoms with van der Waals surface area (Å²) in [5, 5.41) is 11.5. The van der Waals surface area contributed by atoms with E-state index in [1.54, 1.807) is 42.2 Å². The van der Waals surface area contributed by atoms with Crippen molar-refractivity contribution in [1.29, 1.82) is 0 Å². The SMILES string of the molecule is Cc1cccc(Cn2cnc(NC(=O)c3noc(C)c3COc3ccc(Cl)cc3)n2)c1. The molecule has 0 unspecified atom stereocenters. The summed E-state index contributed by atoms with van der Waals surface area (Å²) in [5.74, 6) is 0.827. The minimum Gasteiger partial charge on any atom is -0.489 e. The van der Waals surface area contributed by atoms with Gasteiger partial charge in [-0.2, -0.15) is 0 Å². The first kappa shape index (κ1) is 20.6. The van der Waals surface area contributed by atoms with Crippen LogP contribution in [0, 0.1) is 13.8 Å². The predicted molar refractivity (Wildman–Crippen MR) is 115 cm³/mol. The highest BCUT2D eigenvalue weighted by Crippen LogP contribution is 2.20. The molecule has 31 heavy (non-hydrogen) atoms. The zero-order valence-electron chi connectivity index (χ0n) is 17.0. The number of rotatable bonds is 7. The molecule has 1 amide bonds. The molecule has 1 N–H and O–H groups in total. The van der Waals surface area contributed by atoms with Crippen molar-refractivity contribution in [3.05, 3.63) is 88.0 Å². The van der Waals surface area contributed by atoms with E-state index in [-0.39, 0.29) is 18.2 Å². The standard InChI is InChI=1S/C22H20ClN5O3/c1-14-4-3-5-16(10-14)11-28-13-24-22(26-28)25-21(29)20-19(15(2)31-27-20)12-30-18-8-6-17(23)7-9-18/h3-10,13H,11-12H2,1-2H3,(H,25,26,29). The third kappa shape index (κ3) is 5.10. The Hall–Kier alpha value is -3.65. The fourth-order valence-electron chi connectivity index (χ4n) is 3.01. The van der Waals surface area contributed by atoms with Crippen molar-refractivity contribution in [1.82, 2.24) is 19.9 Å². The second kappa shape index (κ2) is 9.01. The third-order valence-electron chi connectivity index (χ3n) is 4.59. The van der Waals surface area contributed by atoms with Crippen LogP contribution in [-0.4, -0.2) is 25.8 Å². The van der Waals surface area contributed by atoms with Crippen molar-refractivity contribution in [2.45, 2.75) is 27.0 Å². The molecular weight excluding hydrogens is 418 g/mol. The van der Waals surface area contributed by atoms with Crippen molar-refractivity contribution in [2.24, 2.45) is 0 Å². The van der Waals surface area contributed by atoms with Gasteiger partial charge in [-0.1, -0.05) is 46.6 Å². The van der Waals surface area contributed by atoms with E-state index in [1.165, 1.54) is 5.56 Å². The van der Waals surface area contributed by atoms with Crippen LogP contribution in [0.2, 0.25) is 5.02 Å². The number of nitrogens with zero attached hydrogens (tertiary/aromatic N) is 4. The monoisotopic (exact) mass is 437 g/mol. The molecule has 158 valence electrons. The van der Waals surface area contributed by atoms with Crippen LogP contribution in [0.3, 0.4) is 0 Å². The van der Waals surface area contributed by atoms with Crippen molar-refractivity contribution in [2.75, 3.05) is 5.32 Å². The summed E-state index contributed by atoms with van der Waals surface area (Å²) < 4.78 is 12.6. The van der Waals surface area contributed by atoms with Crippen LogP contribution in [0.25, 0.3) is 0 Å². The van der Waals surface area contributed by atoms with Crippen LogP contribution in [0.5, 0.6) is 5.75 Å². The molecule has 2 aromatic heterocycles. The smallest absolute Gasteiger partial charge is 0.280 e. The zero-order valence-corrected chi connectivity index (χ0v) is 17.8. The van der Waals surface area contributed by atoms with Crippen LogP contribution < -0.4 is 10.1 Å². The van der Waals surface area contributed by atoms with E-state index in [1.807, 2.05) is 25.1 Å². The third-order valence-corrected chi connectivity index (χ3v) is 4.84. The highest BCUT2D eigenvalue weighted by molar-refractivity contribution is 6.30. The molecule has 2 aromatic carbocycles. The Morgan fingerprint density at radius 3 is 2.77 bits per heavy atom. The number of hydrogen-bond donors (Lipinski definition) is 1. The van der Waals surface area contributed by atoms with E-state index in [2.05, 4.69) is 26.6 Å². The lowest BCUT2D eigenvalue weighted by Crippen LogP contribution is -2.16. The molecule has 0 radical (unpaired) electrons. The Balaban J connectivity index is 1.42. The van der Waals surface area contributed by atoms with Crippen molar-refractivity contribution in [3.8, 4) is 5.75 Å². The maximum absolute atomic E-state index is 12.7. The summed E-state index contributed by atoms with van der Waals surface area (Å²) in [6, 6.07) is 15.1. The largest absolute Gasteiger partial charge is 0.489 e. The van der Waals surface area contributed by atoms with Crippen LogP contribution in [0.1, 0.15) is 32.9 Å². The number of benzene rings is 2. The summed E-state index contributed by atoms with van der Waals surface area (Å²) in [7, 11) is 0. The van der Waals surface area contributed by atoms with E-state index < -0.39 is 5.91 Å². The first-order chi connectivity index (χ1) is 15.0. The highest BCUT2D eigenvalue weighted by Gasteiger charge is 2.21. The van der Waals surface area contributed by atoms with Crippen LogP contribution in [0.4, 0.5) is 5.95 Å². The Kier molecular flexibility index (Phi) is 5.99. The molecule has 0 spiro atoms. The minimum atomic E-state index is -0.472. The van der Waals surface area contributed by atoms with E-state index in [9.17, 15) is 4.79 Å². The van der Waals surface area contributed by atoms with Crippen LogP contribution >= 0.6 is 11.6 Å². The molecule has 8 nitrogen and oxygen atoms in total. The first-order valence-electron chi connectivity index (χ1n) is 9.58. The molecular formula is C22H20ClN5O3. The molecule has 0 aliphatic rings. The number of halogens is 1. The van der Waals surface area contributed by atoms with Gasteiger partial charge < -0.3 is 9.26 Å². The summed E-state index contributed by atoms with van der Waals surface area (Å²) in [6.45, 7) is 4.42. The van der Waals surface area contributed by atoms with E-state index in [4.69, 9.17) is 20.9 Å². The number of nitrogens with one attached hydrogen (secondary N) is 1. The maximum Gasteiger partial charge on any atom is 0.280 e. The lowest BCUT2D eigenvalue weighted by Gasteiger charge is -2.06. The topological polar surface area (TPSA) is 95.1 Å². The van der Waals surface area contributed by atoms with Gasteiger partial charge in [-0.3, -0.25) is 10.1 Å². The maximum atomic E-state index is 12.7. The summed E-state index contributed by atoms with van der Waals surface area (Å²) >= 11 is 5.89. The number of hydrogen-bond acceptors (Lipinski definition) is 6. The van der Waals surface area contributed by atoms with Gasteiger partial charge in [0.1, 0.15) is 24.4 Å².